The van der Waals surface area contributed by atoms with Crippen LogP contribution in [0.4, 0.5) is 5.13 Å². The third-order valence-corrected chi connectivity index (χ3v) is 4.38. The van der Waals surface area contributed by atoms with E-state index in [-0.39, 0.29) is 11.6 Å². The molecule has 2 aromatic heterocycles. The molecule has 2 N–H and O–H groups in total. The minimum Gasteiger partial charge on any atom is -0.495 e. The molecule has 22 heavy (non-hydrogen) atoms. The Balaban J connectivity index is 2.03. The zero-order valence-electron chi connectivity index (χ0n) is 12.0. The summed E-state index contributed by atoms with van der Waals surface area (Å²) in [7, 11) is 1.54. The molecule has 0 spiro atoms. The summed E-state index contributed by atoms with van der Waals surface area (Å²) in [6, 6.07) is 5.18. The number of ether oxygens (including phenoxy) is 1. The number of benzene rings is 1. The smallest absolute Gasteiger partial charge is 0.253 e. The van der Waals surface area contributed by atoms with Gasteiger partial charge in [-0.15, -0.1) is 11.3 Å². The molecule has 1 atom stereocenters. The van der Waals surface area contributed by atoms with Crippen LogP contribution in [0.1, 0.15) is 18.5 Å². The van der Waals surface area contributed by atoms with Gasteiger partial charge in [-0.3, -0.25) is 4.79 Å². The van der Waals surface area contributed by atoms with Gasteiger partial charge >= 0.3 is 0 Å². The first kappa shape index (κ1) is 14.9. The first-order chi connectivity index (χ1) is 10.6. The second kappa shape index (κ2) is 5.98. The van der Waals surface area contributed by atoms with Gasteiger partial charge in [-0.25, -0.2) is 4.98 Å². The van der Waals surface area contributed by atoms with E-state index >= 15 is 0 Å². The number of hydrogen-bond acceptors (Lipinski definition) is 5. The van der Waals surface area contributed by atoms with E-state index in [4.69, 9.17) is 16.3 Å². The number of aromatic amines is 1. The van der Waals surface area contributed by atoms with Crippen molar-refractivity contribution in [3.05, 3.63) is 50.7 Å². The van der Waals surface area contributed by atoms with Crippen molar-refractivity contribution in [3.63, 3.8) is 0 Å². The quantitative estimate of drug-likeness (QED) is 0.760. The number of methoxy groups -OCH3 is 1. The van der Waals surface area contributed by atoms with Crippen LogP contribution in [0.3, 0.4) is 0 Å². The molecule has 0 radical (unpaired) electrons. The van der Waals surface area contributed by atoms with Crippen LogP contribution < -0.4 is 15.6 Å². The maximum atomic E-state index is 12.3. The maximum absolute atomic E-state index is 12.3. The van der Waals surface area contributed by atoms with E-state index < -0.39 is 0 Å². The summed E-state index contributed by atoms with van der Waals surface area (Å²) in [6.45, 7) is 1.92. The Hall–Kier alpha value is -2.05. The molecule has 7 heteroatoms. The summed E-state index contributed by atoms with van der Waals surface area (Å²) in [5, 5.41) is 7.23. The third-order valence-electron chi connectivity index (χ3n) is 3.38. The van der Waals surface area contributed by atoms with E-state index in [2.05, 4.69) is 15.3 Å². The van der Waals surface area contributed by atoms with E-state index in [1.54, 1.807) is 25.4 Å². The molecule has 3 rings (SSSR count). The van der Waals surface area contributed by atoms with Gasteiger partial charge in [-0.2, -0.15) is 0 Å². The van der Waals surface area contributed by atoms with Crippen LogP contribution in [0.15, 0.2) is 34.6 Å². The Bertz CT molecular complexity index is 861. The van der Waals surface area contributed by atoms with Crippen molar-refractivity contribution in [3.8, 4) is 5.75 Å². The Kier molecular flexibility index (Phi) is 4.04. The van der Waals surface area contributed by atoms with E-state index in [1.807, 2.05) is 18.4 Å². The summed E-state index contributed by atoms with van der Waals surface area (Å²) in [4.78, 5) is 19.3. The molecule has 0 saturated carbocycles. The number of H-pyrrole nitrogens is 1. The van der Waals surface area contributed by atoms with Crippen LogP contribution in [0.5, 0.6) is 5.75 Å². The number of rotatable bonds is 4. The van der Waals surface area contributed by atoms with Crippen LogP contribution in [0.2, 0.25) is 5.02 Å². The van der Waals surface area contributed by atoms with Gasteiger partial charge in [0.15, 0.2) is 5.13 Å². The number of fused-ring (bicyclic) bond motifs is 1. The Morgan fingerprint density at radius 2 is 2.23 bits per heavy atom. The number of nitrogens with one attached hydrogen (secondary N) is 2. The highest BCUT2D eigenvalue weighted by atomic mass is 35.5. The molecule has 0 aliphatic rings. The molecule has 0 unspecified atom stereocenters. The first-order valence-electron chi connectivity index (χ1n) is 6.65. The van der Waals surface area contributed by atoms with E-state index in [0.717, 1.165) is 10.5 Å². The van der Waals surface area contributed by atoms with Gasteiger partial charge in [-0.05, 0) is 19.1 Å². The third kappa shape index (κ3) is 2.80. The standard InChI is InChI=1S/C15H14ClN3O2S/c1-8(18-15-17-3-4-22-15)10-5-9-6-11(16)13(21-2)7-12(9)19-14(10)20/h3-8H,1-2H3,(H,17,18)(H,19,20)/t8-/m0/s1. The molecule has 1 aromatic carbocycles. The van der Waals surface area contributed by atoms with Gasteiger partial charge in [-0.1, -0.05) is 11.6 Å². The Morgan fingerprint density at radius 1 is 1.41 bits per heavy atom. The molecule has 5 nitrogen and oxygen atoms in total. The molecule has 0 fully saturated rings. The number of anilines is 1. The van der Waals surface area contributed by atoms with Crippen molar-refractivity contribution in [1.82, 2.24) is 9.97 Å². The molecule has 0 saturated heterocycles. The van der Waals surface area contributed by atoms with Crippen LogP contribution >= 0.6 is 22.9 Å². The van der Waals surface area contributed by atoms with Crippen molar-refractivity contribution in [2.75, 3.05) is 12.4 Å². The Morgan fingerprint density at radius 3 is 2.91 bits per heavy atom. The lowest BCUT2D eigenvalue weighted by atomic mass is 10.1. The van der Waals surface area contributed by atoms with Gasteiger partial charge in [0.1, 0.15) is 5.75 Å². The van der Waals surface area contributed by atoms with Crippen molar-refractivity contribution < 1.29 is 4.74 Å². The molecule has 0 aliphatic heterocycles. The zero-order chi connectivity index (χ0) is 15.7. The van der Waals surface area contributed by atoms with Gasteiger partial charge < -0.3 is 15.0 Å². The number of aromatic nitrogens is 2. The molecular formula is C15H14ClN3O2S. The van der Waals surface area contributed by atoms with E-state index in [0.29, 0.717) is 21.9 Å². The number of hydrogen-bond donors (Lipinski definition) is 2. The number of nitrogens with zero attached hydrogens (tertiary/aromatic N) is 1. The van der Waals surface area contributed by atoms with Gasteiger partial charge in [0.05, 0.1) is 23.7 Å². The monoisotopic (exact) mass is 335 g/mol. The molecule has 0 amide bonds. The van der Waals surface area contributed by atoms with Crippen LogP contribution in [-0.2, 0) is 0 Å². The normalized spacial score (nSPS) is 12.3. The predicted octanol–water partition coefficient (Wildman–Crippen LogP) is 3.82. The average Bonchev–Trinajstić information content (AvgIpc) is 2.99. The average molecular weight is 336 g/mol. The van der Waals surface area contributed by atoms with Crippen molar-refractivity contribution in [2.24, 2.45) is 0 Å². The number of pyridine rings is 1. The molecular weight excluding hydrogens is 322 g/mol. The second-order valence-electron chi connectivity index (χ2n) is 4.83. The van der Waals surface area contributed by atoms with Crippen molar-refractivity contribution in [2.45, 2.75) is 13.0 Å². The van der Waals surface area contributed by atoms with Gasteiger partial charge in [0.25, 0.3) is 5.56 Å². The Labute approximate surface area is 135 Å². The largest absolute Gasteiger partial charge is 0.495 e. The highest BCUT2D eigenvalue weighted by molar-refractivity contribution is 7.13. The van der Waals surface area contributed by atoms with Crippen LogP contribution in [0.25, 0.3) is 10.9 Å². The second-order valence-corrected chi connectivity index (χ2v) is 6.13. The maximum Gasteiger partial charge on any atom is 0.253 e. The topological polar surface area (TPSA) is 67.0 Å². The van der Waals surface area contributed by atoms with Gasteiger partial charge in [0.2, 0.25) is 0 Å². The minimum atomic E-state index is -0.167. The summed E-state index contributed by atoms with van der Waals surface area (Å²) in [5.41, 5.74) is 1.17. The number of thiazole rings is 1. The van der Waals surface area contributed by atoms with E-state index in [1.165, 1.54) is 11.3 Å². The molecule has 3 aromatic rings. The lowest BCUT2D eigenvalue weighted by molar-refractivity contribution is 0.415. The fraction of sp³-hybridized carbons (Fsp3) is 0.200. The highest BCUT2D eigenvalue weighted by Crippen LogP contribution is 2.29. The fourth-order valence-corrected chi connectivity index (χ4v) is 3.13. The number of halogens is 1. The lowest BCUT2D eigenvalue weighted by Crippen LogP contribution is -2.19. The zero-order valence-corrected chi connectivity index (χ0v) is 13.6. The summed E-state index contributed by atoms with van der Waals surface area (Å²) < 4.78 is 5.17. The fourth-order valence-electron chi connectivity index (χ4n) is 2.26. The highest BCUT2D eigenvalue weighted by Gasteiger charge is 2.13. The first-order valence-corrected chi connectivity index (χ1v) is 7.90. The van der Waals surface area contributed by atoms with Crippen molar-refractivity contribution in [1.29, 1.82) is 0 Å². The lowest BCUT2D eigenvalue weighted by Gasteiger charge is -2.13. The summed E-state index contributed by atoms with van der Waals surface area (Å²) >= 11 is 7.64. The molecule has 0 aliphatic carbocycles. The minimum absolute atomic E-state index is 0.145. The molecule has 2 heterocycles. The SMILES string of the molecule is COc1cc2[nH]c(=O)c([C@H](C)Nc3nccs3)cc2cc1Cl. The van der Waals surface area contributed by atoms with Crippen molar-refractivity contribution >= 4 is 39.0 Å². The van der Waals surface area contributed by atoms with Crippen LogP contribution in [0, 0.1) is 0 Å². The summed E-state index contributed by atoms with van der Waals surface area (Å²) in [6.07, 6.45) is 1.72. The van der Waals surface area contributed by atoms with Gasteiger partial charge in [0, 0.05) is 28.6 Å². The van der Waals surface area contributed by atoms with Crippen LogP contribution in [-0.4, -0.2) is 17.1 Å². The van der Waals surface area contributed by atoms with E-state index in [9.17, 15) is 4.79 Å². The predicted molar refractivity (Wildman–Crippen MR) is 90.3 cm³/mol. The molecule has 0 bridgehead atoms. The molecule has 114 valence electrons. The summed E-state index contributed by atoms with van der Waals surface area (Å²) in [5.74, 6) is 0.534.